The molecule has 0 spiro atoms. The Morgan fingerprint density at radius 3 is 2.95 bits per heavy atom. The first-order valence-electron chi connectivity index (χ1n) is 7.24. The Kier molecular flexibility index (Phi) is 3.54. The minimum atomic E-state index is -0.375. The summed E-state index contributed by atoms with van der Waals surface area (Å²) in [5.74, 6) is 0.161. The summed E-state index contributed by atoms with van der Waals surface area (Å²) in [5, 5.41) is 4.92. The van der Waals surface area contributed by atoms with Crippen molar-refractivity contribution < 1.29 is 9.59 Å². The van der Waals surface area contributed by atoms with Gasteiger partial charge in [0.2, 0.25) is 11.8 Å². The fourth-order valence-corrected chi connectivity index (χ4v) is 4.17. The van der Waals surface area contributed by atoms with Gasteiger partial charge in [0.15, 0.2) is 0 Å². The molecule has 1 saturated heterocycles. The maximum absolute atomic E-state index is 12.7. The Hall–Kier alpha value is -1.36. The van der Waals surface area contributed by atoms with Crippen molar-refractivity contribution in [1.82, 2.24) is 10.2 Å². The maximum Gasteiger partial charge on any atom is 0.246 e. The van der Waals surface area contributed by atoms with Crippen LogP contribution in [0.25, 0.3) is 0 Å². The third kappa shape index (κ3) is 2.24. The van der Waals surface area contributed by atoms with Crippen molar-refractivity contribution in [3.8, 4) is 0 Å². The average molecular weight is 292 g/mol. The number of nitrogens with zero attached hydrogens (tertiary/aromatic N) is 1. The standard InChI is InChI=1S/C15H20N2O2S/c1-9(2)14-15(19)17(8-13(18)16-14)11-4-3-5-12-10(11)6-7-20-12/h6-7,9,11,14H,3-5,8H2,1-2H3,(H,16,18). The van der Waals surface area contributed by atoms with Gasteiger partial charge in [0.1, 0.15) is 12.6 Å². The van der Waals surface area contributed by atoms with E-state index in [1.54, 1.807) is 16.2 Å². The molecular formula is C15H20N2O2S. The smallest absolute Gasteiger partial charge is 0.246 e. The lowest BCUT2D eigenvalue weighted by Crippen LogP contribution is -2.60. The van der Waals surface area contributed by atoms with E-state index in [2.05, 4.69) is 16.8 Å². The van der Waals surface area contributed by atoms with Crippen molar-refractivity contribution in [1.29, 1.82) is 0 Å². The van der Waals surface area contributed by atoms with Gasteiger partial charge in [0, 0.05) is 4.88 Å². The van der Waals surface area contributed by atoms with Crippen LogP contribution >= 0.6 is 11.3 Å². The van der Waals surface area contributed by atoms with Crippen LogP contribution in [0.2, 0.25) is 0 Å². The Bertz CT molecular complexity index is 538. The van der Waals surface area contributed by atoms with E-state index in [1.165, 1.54) is 10.4 Å². The fourth-order valence-electron chi connectivity index (χ4n) is 3.19. The predicted octanol–water partition coefficient (Wildman–Crippen LogP) is 2.11. The topological polar surface area (TPSA) is 49.4 Å². The van der Waals surface area contributed by atoms with Gasteiger partial charge in [-0.25, -0.2) is 0 Å². The predicted molar refractivity (Wildman–Crippen MR) is 78.5 cm³/mol. The van der Waals surface area contributed by atoms with Crippen LogP contribution in [0.4, 0.5) is 0 Å². The zero-order valence-electron chi connectivity index (χ0n) is 11.9. The summed E-state index contributed by atoms with van der Waals surface area (Å²) in [6, 6.07) is 1.83. The summed E-state index contributed by atoms with van der Waals surface area (Å²) >= 11 is 1.76. The molecule has 4 nitrogen and oxygen atoms in total. The van der Waals surface area contributed by atoms with E-state index in [-0.39, 0.29) is 36.4 Å². The van der Waals surface area contributed by atoms with Gasteiger partial charge in [-0.05, 0) is 42.2 Å². The van der Waals surface area contributed by atoms with E-state index in [0.717, 1.165) is 19.3 Å². The van der Waals surface area contributed by atoms with Crippen molar-refractivity contribution >= 4 is 23.2 Å². The van der Waals surface area contributed by atoms with Crippen molar-refractivity contribution in [2.24, 2.45) is 5.92 Å². The highest BCUT2D eigenvalue weighted by molar-refractivity contribution is 7.10. The highest BCUT2D eigenvalue weighted by Crippen LogP contribution is 2.38. The highest BCUT2D eigenvalue weighted by atomic mass is 32.1. The maximum atomic E-state index is 12.7. The summed E-state index contributed by atoms with van der Waals surface area (Å²) in [5.41, 5.74) is 1.26. The lowest BCUT2D eigenvalue weighted by Gasteiger charge is -2.40. The number of hydrogen-bond acceptors (Lipinski definition) is 3. The summed E-state index contributed by atoms with van der Waals surface area (Å²) < 4.78 is 0. The van der Waals surface area contributed by atoms with Crippen molar-refractivity contribution in [2.45, 2.75) is 45.2 Å². The Labute approximate surface area is 123 Å². The monoisotopic (exact) mass is 292 g/mol. The van der Waals surface area contributed by atoms with E-state index in [0.29, 0.717) is 0 Å². The van der Waals surface area contributed by atoms with Gasteiger partial charge in [-0.3, -0.25) is 9.59 Å². The number of thiophene rings is 1. The first-order valence-corrected chi connectivity index (χ1v) is 8.12. The van der Waals surface area contributed by atoms with Crippen LogP contribution in [0.3, 0.4) is 0 Å². The molecule has 2 aliphatic rings. The first kappa shape index (κ1) is 13.6. The molecule has 0 bridgehead atoms. The van der Waals surface area contributed by atoms with Crippen molar-refractivity contribution in [3.63, 3.8) is 0 Å². The molecule has 2 atom stereocenters. The average Bonchev–Trinajstić information content (AvgIpc) is 2.89. The van der Waals surface area contributed by atoms with Crippen LogP contribution in [-0.2, 0) is 16.0 Å². The van der Waals surface area contributed by atoms with Crippen LogP contribution in [0.15, 0.2) is 11.4 Å². The van der Waals surface area contributed by atoms with E-state index in [9.17, 15) is 9.59 Å². The summed E-state index contributed by atoms with van der Waals surface area (Å²) in [6.45, 7) is 4.15. The fraction of sp³-hybridized carbons (Fsp3) is 0.600. The molecule has 1 N–H and O–H groups in total. The normalized spacial score (nSPS) is 26.6. The van der Waals surface area contributed by atoms with Gasteiger partial charge in [-0.1, -0.05) is 13.8 Å². The molecular weight excluding hydrogens is 272 g/mol. The minimum absolute atomic E-state index is 0.0364. The number of fused-ring (bicyclic) bond motifs is 1. The summed E-state index contributed by atoms with van der Waals surface area (Å²) in [7, 11) is 0. The quantitative estimate of drug-likeness (QED) is 0.907. The second-order valence-electron chi connectivity index (χ2n) is 5.96. The van der Waals surface area contributed by atoms with Gasteiger partial charge < -0.3 is 10.2 Å². The van der Waals surface area contributed by atoms with Gasteiger partial charge in [-0.15, -0.1) is 11.3 Å². The molecule has 1 aliphatic heterocycles. The van der Waals surface area contributed by atoms with E-state index in [4.69, 9.17) is 0 Å². The molecule has 1 fully saturated rings. The molecule has 1 aromatic rings. The second-order valence-corrected chi connectivity index (χ2v) is 6.96. The van der Waals surface area contributed by atoms with Crippen LogP contribution in [0.1, 0.15) is 43.2 Å². The molecule has 2 amide bonds. The number of nitrogens with one attached hydrogen (secondary N) is 1. The first-order chi connectivity index (χ1) is 9.58. The van der Waals surface area contributed by atoms with E-state index in [1.807, 2.05) is 13.8 Å². The third-order valence-electron chi connectivity index (χ3n) is 4.24. The zero-order valence-corrected chi connectivity index (χ0v) is 12.7. The van der Waals surface area contributed by atoms with Crippen molar-refractivity contribution in [2.75, 3.05) is 6.54 Å². The van der Waals surface area contributed by atoms with Crippen LogP contribution in [0.5, 0.6) is 0 Å². The second kappa shape index (κ2) is 5.20. The number of aryl methyl sites for hydroxylation is 1. The molecule has 108 valence electrons. The van der Waals surface area contributed by atoms with Gasteiger partial charge in [-0.2, -0.15) is 0 Å². The number of piperazine rings is 1. The highest BCUT2D eigenvalue weighted by Gasteiger charge is 2.39. The van der Waals surface area contributed by atoms with E-state index >= 15 is 0 Å². The molecule has 0 saturated carbocycles. The Morgan fingerprint density at radius 2 is 2.20 bits per heavy atom. The lowest BCUT2D eigenvalue weighted by atomic mass is 9.90. The third-order valence-corrected chi connectivity index (χ3v) is 5.24. The number of carbonyl (C=O) groups excluding carboxylic acids is 2. The molecule has 1 aromatic heterocycles. The van der Waals surface area contributed by atoms with Gasteiger partial charge >= 0.3 is 0 Å². The molecule has 0 radical (unpaired) electrons. The van der Waals surface area contributed by atoms with E-state index < -0.39 is 0 Å². The molecule has 2 heterocycles. The number of rotatable bonds is 2. The molecule has 2 unspecified atom stereocenters. The number of amides is 2. The molecule has 0 aromatic carbocycles. The zero-order chi connectivity index (χ0) is 14.3. The van der Waals surface area contributed by atoms with Crippen molar-refractivity contribution in [3.05, 3.63) is 21.9 Å². The number of hydrogen-bond donors (Lipinski definition) is 1. The summed E-state index contributed by atoms with van der Waals surface area (Å²) in [6.07, 6.45) is 3.16. The Balaban J connectivity index is 1.90. The lowest BCUT2D eigenvalue weighted by molar-refractivity contribution is -0.148. The van der Waals surface area contributed by atoms with Gasteiger partial charge in [0.05, 0.1) is 6.04 Å². The Morgan fingerprint density at radius 1 is 1.40 bits per heavy atom. The van der Waals surface area contributed by atoms with Gasteiger partial charge in [0.25, 0.3) is 0 Å². The minimum Gasteiger partial charge on any atom is -0.343 e. The molecule has 20 heavy (non-hydrogen) atoms. The molecule has 1 aliphatic carbocycles. The van der Waals surface area contributed by atoms with Crippen LogP contribution in [0, 0.1) is 5.92 Å². The van der Waals surface area contributed by atoms with Crippen LogP contribution < -0.4 is 5.32 Å². The molecule has 3 rings (SSSR count). The molecule has 5 heteroatoms. The van der Waals surface area contributed by atoms with Crippen LogP contribution in [-0.4, -0.2) is 29.3 Å². The SMILES string of the molecule is CC(C)C1NC(=O)CN(C2CCCc3sccc32)C1=O. The number of carbonyl (C=O) groups is 2. The largest absolute Gasteiger partial charge is 0.343 e. The summed E-state index contributed by atoms with van der Waals surface area (Å²) in [4.78, 5) is 27.8.